The van der Waals surface area contributed by atoms with Gasteiger partial charge in [-0.25, -0.2) is 4.57 Å². The summed E-state index contributed by atoms with van der Waals surface area (Å²) in [4.78, 5) is 34.7. The summed E-state index contributed by atoms with van der Waals surface area (Å²) in [7, 11) is -4.37. The molecule has 1 unspecified atom stereocenters. The molecule has 0 aromatic rings. The van der Waals surface area contributed by atoms with Gasteiger partial charge in [0, 0.05) is 19.4 Å². The number of phosphoric acid groups is 1. The fourth-order valence-electron chi connectivity index (χ4n) is 5.31. The second-order valence-electron chi connectivity index (χ2n) is 13.1. The molecule has 3 N–H and O–H groups in total. The van der Waals surface area contributed by atoms with Gasteiger partial charge in [0.1, 0.15) is 6.61 Å². The molecule has 49 heavy (non-hydrogen) atoms. The van der Waals surface area contributed by atoms with Crippen LogP contribution in [0.15, 0.2) is 24.3 Å². The molecule has 0 aromatic heterocycles. The summed E-state index contributed by atoms with van der Waals surface area (Å²) < 4.78 is 32.6. The summed E-state index contributed by atoms with van der Waals surface area (Å²) in [6, 6.07) is 0. The van der Waals surface area contributed by atoms with E-state index in [4.69, 9.17) is 24.3 Å². The third-order valence-corrected chi connectivity index (χ3v) is 9.29. The van der Waals surface area contributed by atoms with E-state index in [9.17, 15) is 19.0 Å². The zero-order valence-corrected chi connectivity index (χ0v) is 32.3. The number of hydrogen-bond donors (Lipinski definition) is 2. The van der Waals surface area contributed by atoms with Gasteiger partial charge in [-0.3, -0.25) is 18.6 Å². The molecule has 2 atom stereocenters. The SMILES string of the molecule is CCCC/C=C/CCCCCCCC(=O)O[C@@H](COC(=O)CCCCCCCCCCC/C=C/CCCCCC)COP(=O)(O)OCCN. The molecule has 0 amide bonds. The Kier molecular flexibility index (Phi) is 35.2. The molecule has 0 aliphatic rings. The minimum absolute atomic E-state index is 0.0526. The molecule has 0 aromatic carbocycles. The maximum atomic E-state index is 12.5. The van der Waals surface area contributed by atoms with E-state index in [2.05, 4.69) is 38.2 Å². The number of phosphoric ester groups is 1. The van der Waals surface area contributed by atoms with Crippen molar-refractivity contribution in [2.75, 3.05) is 26.4 Å². The molecule has 0 heterocycles. The minimum atomic E-state index is -4.37. The van der Waals surface area contributed by atoms with E-state index in [0.29, 0.717) is 6.42 Å². The topological polar surface area (TPSA) is 134 Å². The number of ether oxygens (including phenoxy) is 2. The van der Waals surface area contributed by atoms with Crippen LogP contribution in [0.25, 0.3) is 0 Å². The summed E-state index contributed by atoms with van der Waals surface area (Å²) in [6.07, 6.45) is 36.4. The maximum Gasteiger partial charge on any atom is 0.472 e. The van der Waals surface area contributed by atoms with Crippen LogP contribution in [-0.2, 0) is 32.7 Å². The van der Waals surface area contributed by atoms with Crippen molar-refractivity contribution in [1.29, 1.82) is 0 Å². The lowest BCUT2D eigenvalue weighted by molar-refractivity contribution is -0.161. The van der Waals surface area contributed by atoms with Crippen molar-refractivity contribution in [3.63, 3.8) is 0 Å². The van der Waals surface area contributed by atoms with Gasteiger partial charge < -0.3 is 20.1 Å². The van der Waals surface area contributed by atoms with Crippen molar-refractivity contribution >= 4 is 19.8 Å². The quantitative estimate of drug-likeness (QED) is 0.0279. The summed E-state index contributed by atoms with van der Waals surface area (Å²) >= 11 is 0. The smallest absolute Gasteiger partial charge is 0.462 e. The second kappa shape index (κ2) is 36.3. The number of esters is 2. The van der Waals surface area contributed by atoms with Crippen molar-refractivity contribution in [3.8, 4) is 0 Å². The van der Waals surface area contributed by atoms with Crippen LogP contribution >= 0.6 is 7.82 Å². The van der Waals surface area contributed by atoms with Crippen LogP contribution in [0.2, 0.25) is 0 Å². The molecular weight excluding hydrogens is 641 g/mol. The highest BCUT2D eigenvalue weighted by molar-refractivity contribution is 7.47. The van der Waals surface area contributed by atoms with Crippen LogP contribution < -0.4 is 5.73 Å². The van der Waals surface area contributed by atoms with E-state index in [-0.39, 0.29) is 38.6 Å². The largest absolute Gasteiger partial charge is 0.472 e. The van der Waals surface area contributed by atoms with E-state index in [1.54, 1.807) is 0 Å². The number of carbonyl (C=O) groups excluding carboxylic acids is 2. The summed E-state index contributed by atoms with van der Waals surface area (Å²) in [5, 5.41) is 0. The van der Waals surface area contributed by atoms with Crippen molar-refractivity contribution in [3.05, 3.63) is 24.3 Å². The molecule has 0 spiro atoms. The zero-order chi connectivity index (χ0) is 36.1. The number of allylic oxidation sites excluding steroid dienone is 4. The molecule has 0 aliphatic heterocycles. The molecule has 0 saturated heterocycles. The Morgan fingerprint density at radius 2 is 1.02 bits per heavy atom. The van der Waals surface area contributed by atoms with Crippen LogP contribution in [-0.4, -0.2) is 49.3 Å². The van der Waals surface area contributed by atoms with Crippen LogP contribution in [0.5, 0.6) is 0 Å². The molecule has 0 fully saturated rings. The molecule has 0 bridgehead atoms. The molecule has 0 saturated carbocycles. The first-order chi connectivity index (χ1) is 23.8. The molecule has 0 aliphatic carbocycles. The van der Waals surface area contributed by atoms with Crippen LogP contribution in [0.4, 0.5) is 0 Å². The van der Waals surface area contributed by atoms with Crippen molar-refractivity contribution < 1.29 is 37.6 Å². The number of unbranched alkanes of at least 4 members (excludes halogenated alkanes) is 20. The number of rotatable bonds is 37. The lowest BCUT2D eigenvalue weighted by atomic mass is 10.1. The Balaban J connectivity index is 4.16. The van der Waals surface area contributed by atoms with Crippen LogP contribution in [0.3, 0.4) is 0 Å². The molecule has 10 heteroatoms. The summed E-state index contributed by atoms with van der Waals surface area (Å²) in [6.45, 7) is 3.66. The van der Waals surface area contributed by atoms with Gasteiger partial charge >= 0.3 is 19.8 Å². The van der Waals surface area contributed by atoms with Gasteiger partial charge in [0.15, 0.2) is 6.10 Å². The first-order valence-electron chi connectivity index (χ1n) is 19.8. The fraction of sp³-hybridized carbons (Fsp3) is 0.846. The Hall–Kier alpha value is -1.51. The minimum Gasteiger partial charge on any atom is -0.462 e. The maximum absolute atomic E-state index is 12.5. The van der Waals surface area contributed by atoms with E-state index in [1.165, 1.54) is 89.9 Å². The zero-order valence-electron chi connectivity index (χ0n) is 31.4. The van der Waals surface area contributed by atoms with Crippen molar-refractivity contribution in [2.45, 2.75) is 187 Å². The highest BCUT2D eigenvalue weighted by atomic mass is 31.2. The third-order valence-electron chi connectivity index (χ3n) is 8.31. The first kappa shape index (κ1) is 47.5. The third kappa shape index (κ3) is 36.1. The predicted molar refractivity (Wildman–Crippen MR) is 201 cm³/mol. The van der Waals surface area contributed by atoms with Crippen LogP contribution in [0.1, 0.15) is 181 Å². The van der Waals surface area contributed by atoms with Crippen molar-refractivity contribution in [2.24, 2.45) is 5.73 Å². The molecule has 0 rings (SSSR count). The van der Waals surface area contributed by atoms with Gasteiger partial charge in [0.25, 0.3) is 0 Å². The second-order valence-corrected chi connectivity index (χ2v) is 14.6. The Morgan fingerprint density at radius 3 is 1.51 bits per heavy atom. The highest BCUT2D eigenvalue weighted by Gasteiger charge is 2.25. The van der Waals surface area contributed by atoms with Gasteiger partial charge in [0.2, 0.25) is 0 Å². The van der Waals surface area contributed by atoms with Gasteiger partial charge in [-0.15, -0.1) is 0 Å². The summed E-state index contributed by atoms with van der Waals surface area (Å²) in [5.74, 6) is -0.841. The lowest BCUT2D eigenvalue weighted by Crippen LogP contribution is -2.29. The highest BCUT2D eigenvalue weighted by Crippen LogP contribution is 2.43. The average Bonchev–Trinajstić information content (AvgIpc) is 3.08. The number of nitrogens with two attached hydrogens (primary N) is 1. The normalized spacial score (nSPS) is 13.6. The van der Waals surface area contributed by atoms with E-state index >= 15 is 0 Å². The van der Waals surface area contributed by atoms with Crippen LogP contribution in [0, 0.1) is 0 Å². The molecule has 0 radical (unpaired) electrons. The monoisotopic (exact) mass is 716 g/mol. The fourth-order valence-corrected chi connectivity index (χ4v) is 6.08. The van der Waals surface area contributed by atoms with Gasteiger partial charge in [0.05, 0.1) is 13.2 Å². The Bertz CT molecular complexity index is 866. The van der Waals surface area contributed by atoms with Crippen molar-refractivity contribution in [1.82, 2.24) is 0 Å². The Labute approximate surface area is 300 Å². The van der Waals surface area contributed by atoms with Gasteiger partial charge in [-0.05, 0) is 57.8 Å². The number of carbonyl (C=O) groups is 2. The average molecular weight is 716 g/mol. The van der Waals surface area contributed by atoms with Gasteiger partial charge in [-0.2, -0.15) is 0 Å². The first-order valence-corrected chi connectivity index (χ1v) is 21.3. The molecule has 9 nitrogen and oxygen atoms in total. The van der Waals surface area contributed by atoms with E-state index in [1.807, 2.05) is 0 Å². The number of hydrogen-bond acceptors (Lipinski definition) is 8. The molecular formula is C39H74NO8P. The van der Waals surface area contributed by atoms with E-state index < -0.39 is 26.5 Å². The standard InChI is InChI=1S/C39H74NO8P/c1-3-5-7-9-11-13-15-16-17-18-19-20-22-23-25-27-29-31-38(41)45-35-37(36-47-49(43,44)46-34-33-40)48-39(42)32-30-28-26-24-21-14-12-10-8-6-4-2/h10,12-13,15,37H,3-9,11,14,16-36,40H2,1-2H3,(H,43,44)/b12-10+,15-13+/t37-/m0/s1. The summed E-state index contributed by atoms with van der Waals surface area (Å²) in [5.41, 5.74) is 5.33. The predicted octanol–water partition coefficient (Wildman–Crippen LogP) is 10.8. The van der Waals surface area contributed by atoms with E-state index in [0.717, 1.165) is 57.8 Å². The van der Waals surface area contributed by atoms with Gasteiger partial charge in [-0.1, -0.05) is 134 Å². The molecule has 288 valence electrons. The lowest BCUT2D eigenvalue weighted by Gasteiger charge is -2.19. The Morgan fingerprint density at radius 1 is 0.592 bits per heavy atom.